The maximum atomic E-state index is 13.6. The van der Waals surface area contributed by atoms with Crippen LogP contribution in [0, 0.1) is 0 Å². The number of carbonyl (C=O) groups is 2. The van der Waals surface area contributed by atoms with Gasteiger partial charge in [-0.05, 0) is 49.8 Å². The smallest absolute Gasteiger partial charge is 0.245 e. The van der Waals surface area contributed by atoms with Gasteiger partial charge < -0.3 is 15.1 Å². The number of carbonyl (C=O) groups excluding carboxylic acids is 2. The second-order valence-corrected chi connectivity index (χ2v) is 9.69. The Morgan fingerprint density at radius 2 is 1.81 bits per heavy atom. The van der Waals surface area contributed by atoms with Gasteiger partial charge in [0.1, 0.15) is 18.4 Å². The number of hydrogen-bond donors (Lipinski definition) is 1. The minimum atomic E-state index is -0.533. The minimum absolute atomic E-state index is 0.0515. The number of amides is 2. The SMILES string of the molecule is CCN(CC)c1cnnn1CC(=O)N1CCC[C@H]1C(=O)N[C@@H](c1ccccc1)c1ccc(C(C)C)cn1. The van der Waals surface area contributed by atoms with E-state index in [0.29, 0.717) is 18.9 Å². The number of hydrogen-bond acceptors (Lipinski definition) is 6. The highest BCUT2D eigenvalue weighted by atomic mass is 16.2. The van der Waals surface area contributed by atoms with Gasteiger partial charge in [-0.25, -0.2) is 4.68 Å². The van der Waals surface area contributed by atoms with Gasteiger partial charge in [0.25, 0.3) is 0 Å². The minimum Gasteiger partial charge on any atom is -0.356 e. The highest BCUT2D eigenvalue weighted by Gasteiger charge is 2.36. The lowest BCUT2D eigenvalue weighted by Gasteiger charge is -2.27. The molecule has 1 aliphatic rings. The van der Waals surface area contributed by atoms with E-state index in [-0.39, 0.29) is 18.4 Å². The van der Waals surface area contributed by atoms with Crippen LogP contribution in [0.25, 0.3) is 0 Å². The van der Waals surface area contributed by atoms with Crippen molar-refractivity contribution < 1.29 is 9.59 Å². The van der Waals surface area contributed by atoms with Crippen molar-refractivity contribution in [2.24, 2.45) is 0 Å². The quantitative estimate of drug-likeness (QED) is 0.455. The molecular formula is C28H37N7O2. The summed E-state index contributed by atoms with van der Waals surface area (Å²) in [6, 6.07) is 12.9. The normalized spacial score (nSPS) is 16.1. The van der Waals surface area contributed by atoms with Gasteiger partial charge in [0.15, 0.2) is 0 Å². The highest BCUT2D eigenvalue weighted by molar-refractivity contribution is 5.88. The molecule has 0 unspecified atom stereocenters. The van der Waals surface area contributed by atoms with Crippen molar-refractivity contribution in [3.63, 3.8) is 0 Å². The summed E-state index contributed by atoms with van der Waals surface area (Å²) >= 11 is 0. The first-order chi connectivity index (χ1) is 17.9. The zero-order chi connectivity index (χ0) is 26.4. The van der Waals surface area contributed by atoms with Crippen LogP contribution in [0.3, 0.4) is 0 Å². The molecule has 0 saturated carbocycles. The Kier molecular flexibility index (Phi) is 8.53. The zero-order valence-electron chi connectivity index (χ0n) is 22.2. The highest BCUT2D eigenvalue weighted by Crippen LogP contribution is 2.25. The van der Waals surface area contributed by atoms with E-state index in [1.165, 1.54) is 0 Å². The van der Waals surface area contributed by atoms with Gasteiger partial charge in [-0.15, -0.1) is 5.10 Å². The standard InChI is InChI=1S/C28H37N7O2/c1-5-33(6-2)25-18-30-32-35(25)19-26(36)34-16-10-13-24(34)28(37)31-27(21-11-8-7-9-12-21)23-15-14-22(17-29-23)20(3)4/h7-9,11-12,14-15,17-18,20,24,27H,5-6,10,13,16,19H2,1-4H3,(H,31,37)/t24-,27-/m0/s1. The van der Waals surface area contributed by atoms with Gasteiger partial charge in [-0.3, -0.25) is 14.6 Å². The molecule has 2 atom stereocenters. The third kappa shape index (κ3) is 5.98. The molecule has 0 aliphatic carbocycles. The van der Waals surface area contributed by atoms with E-state index >= 15 is 0 Å². The van der Waals surface area contributed by atoms with E-state index in [2.05, 4.69) is 59.3 Å². The third-order valence-corrected chi connectivity index (χ3v) is 7.04. The molecule has 2 amide bonds. The summed E-state index contributed by atoms with van der Waals surface area (Å²) in [6.07, 6.45) is 4.95. The summed E-state index contributed by atoms with van der Waals surface area (Å²) in [5, 5.41) is 11.3. The van der Waals surface area contributed by atoms with E-state index in [4.69, 9.17) is 0 Å². The molecule has 1 saturated heterocycles. The van der Waals surface area contributed by atoms with E-state index in [9.17, 15) is 9.59 Å². The Hall–Kier alpha value is -3.75. The molecule has 3 aromatic rings. The van der Waals surface area contributed by atoms with Crippen molar-refractivity contribution in [3.05, 3.63) is 71.7 Å². The van der Waals surface area contributed by atoms with Crippen LogP contribution in [0.2, 0.25) is 0 Å². The Bertz CT molecular complexity index is 1170. The summed E-state index contributed by atoms with van der Waals surface area (Å²) in [7, 11) is 0. The fourth-order valence-corrected chi connectivity index (χ4v) is 4.86. The van der Waals surface area contributed by atoms with Gasteiger partial charge in [0, 0.05) is 25.8 Å². The van der Waals surface area contributed by atoms with Crippen molar-refractivity contribution in [3.8, 4) is 0 Å². The number of anilines is 1. The molecule has 1 aliphatic heterocycles. The fraction of sp³-hybridized carbons (Fsp3) is 0.464. The Labute approximate surface area is 218 Å². The van der Waals surface area contributed by atoms with Crippen molar-refractivity contribution in [2.75, 3.05) is 24.5 Å². The fourth-order valence-electron chi connectivity index (χ4n) is 4.86. The maximum absolute atomic E-state index is 13.6. The largest absolute Gasteiger partial charge is 0.356 e. The van der Waals surface area contributed by atoms with Crippen molar-refractivity contribution in [1.29, 1.82) is 0 Å². The van der Waals surface area contributed by atoms with Crippen LogP contribution in [0.5, 0.6) is 0 Å². The third-order valence-electron chi connectivity index (χ3n) is 7.04. The monoisotopic (exact) mass is 503 g/mol. The molecule has 37 heavy (non-hydrogen) atoms. The van der Waals surface area contributed by atoms with Crippen LogP contribution in [0.4, 0.5) is 5.82 Å². The summed E-state index contributed by atoms with van der Waals surface area (Å²) in [5.74, 6) is 0.874. The van der Waals surface area contributed by atoms with Crippen LogP contribution in [-0.4, -0.2) is 62.4 Å². The number of nitrogens with one attached hydrogen (secondary N) is 1. The molecule has 2 aromatic heterocycles. The van der Waals surface area contributed by atoms with Gasteiger partial charge in [-0.2, -0.15) is 0 Å². The Balaban J connectivity index is 1.51. The van der Waals surface area contributed by atoms with Crippen LogP contribution in [-0.2, 0) is 16.1 Å². The predicted molar refractivity (Wildman–Crippen MR) is 143 cm³/mol. The lowest BCUT2D eigenvalue weighted by atomic mass is 10.00. The van der Waals surface area contributed by atoms with E-state index in [1.54, 1.807) is 15.8 Å². The van der Waals surface area contributed by atoms with Crippen molar-refractivity contribution >= 4 is 17.6 Å². The molecular weight excluding hydrogens is 466 g/mol. The van der Waals surface area contributed by atoms with E-state index < -0.39 is 12.1 Å². The number of pyridine rings is 1. The first-order valence-corrected chi connectivity index (χ1v) is 13.2. The lowest BCUT2D eigenvalue weighted by Crippen LogP contribution is -2.48. The maximum Gasteiger partial charge on any atom is 0.245 e. The van der Waals surface area contributed by atoms with Gasteiger partial charge in [0.2, 0.25) is 11.8 Å². The average Bonchev–Trinajstić information content (AvgIpc) is 3.59. The Morgan fingerprint density at radius 3 is 2.46 bits per heavy atom. The second kappa shape index (κ2) is 12.0. The molecule has 0 bridgehead atoms. The van der Waals surface area contributed by atoms with Crippen LogP contribution >= 0.6 is 0 Å². The number of rotatable bonds is 10. The van der Waals surface area contributed by atoms with Crippen LogP contribution < -0.4 is 10.2 Å². The molecule has 0 radical (unpaired) electrons. The molecule has 1 N–H and O–H groups in total. The lowest BCUT2D eigenvalue weighted by molar-refractivity contribution is -0.139. The van der Waals surface area contributed by atoms with Crippen molar-refractivity contribution in [1.82, 2.24) is 30.2 Å². The summed E-state index contributed by atoms with van der Waals surface area (Å²) in [4.78, 5) is 35.4. The number of benzene rings is 1. The number of aromatic nitrogens is 4. The second-order valence-electron chi connectivity index (χ2n) is 9.69. The van der Waals surface area contributed by atoms with Gasteiger partial charge in [-0.1, -0.05) is 55.5 Å². The van der Waals surface area contributed by atoms with E-state index in [1.807, 2.05) is 42.6 Å². The van der Waals surface area contributed by atoms with Gasteiger partial charge >= 0.3 is 0 Å². The number of nitrogens with zero attached hydrogens (tertiary/aromatic N) is 6. The Morgan fingerprint density at radius 1 is 1.05 bits per heavy atom. The molecule has 3 heterocycles. The molecule has 9 nitrogen and oxygen atoms in total. The predicted octanol–water partition coefficient (Wildman–Crippen LogP) is 3.54. The summed E-state index contributed by atoms with van der Waals surface area (Å²) < 4.78 is 1.62. The van der Waals surface area contributed by atoms with Crippen LogP contribution in [0.1, 0.15) is 69.3 Å². The molecule has 4 rings (SSSR count). The van der Waals surface area contributed by atoms with E-state index in [0.717, 1.165) is 42.1 Å². The molecule has 0 spiro atoms. The molecule has 9 heteroatoms. The number of likely N-dealkylation sites (tertiary alicyclic amines) is 1. The first kappa shape index (κ1) is 26.3. The average molecular weight is 504 g/mol. The van der Waals surface area contributed by atoms with Gasteiger partial charge in [0.05, 0.1) is 17.9 Å². The zero-order valence-corrected chi connectivity index (χ0v) is 22.2. The molecule has 1 aromatic carbocycles. The first-order valence-electron chi connectivity index (χ1n) is 13.2. The topological polar surface area (TPSA) is 96.3 Å². The summed E-state index contributed by atoms with van der Waals surface area (Å²) in [5.41, 5.74) is 2.86. The molecule has 1 fully saturated rings. The summed E-state index contributed by atoms with van der Waals surface area (Å²) in [6.45, 7) is 10.5. The van der Waals surface area contributed by atoms with Crippen molar-refractivity contribution in [2.45, 2.75) is 65.1 Å². The molecule has 196 valence electrons. The van der Waals surface area contributed by atoms with Crippen LogP contribution in [0.15, 0.2) is 54.9 Å².